The molecule has 2 aliphatic heterocycles. The molecule has 4 aromatic rings. The highest BCUT2D eigenvalue weighted by atomic mass is 16.2. The van der Waals surface area contributed by atoms with Crippen LogP contribution in [0.1, 0.15) is 11.1 Å². The first-order valence-electron chi connectivity index (χ1n) is 10.5. The predicted octanol–water partition coefficient (Wildman–Crippen LogP) is 5.42. The molecule has 4 heterocycles. The van der Waals surface area contributed by atoms with Gasteiger partial charge >= 0.3 is 6.03 Å². The number of nitrogens with zero attached hydrogens (tertiary/aromatic N) is 4. The molecule has 32 heavy (non-hydrogen) atoms. The van der Waals surface area contributed by atoms with Crippen LogP contribution in [0.5, 0.6) is 0 Å². The summed E-state index contributed by atoms with van der Waals surface area (Å²) < 4.78 is 0. The van der Waals surface area contributed by atoms with Crippen molar-refractivity contribution < 1.29 is 4.79 Å². The Morgan fingerprint density at radius 1 is 0.656 bits per heavy atom. The molecule has 2 aromatic heterocycles. The van der Waals surface area contributed by atoms with Gasteiger partial charge in [-0.05, 0) is 36.4 Å². The summed E-state index contributed by atoms with van der Waals surface area (Å²) in [4.78, 5) is 26.8. The Morgan fingerprint density at radius 3 is 1.62 bits per heavy atom. The Labute approximate surface area is 185 Å². The number of amides is 2. The van der Waals surface area contributed by atoms with Crippen LogP contribution in [-0.4, -0.2) is 16.0 Å². The third-order valence-corrected chi connectivity index (χ3v) is 5.80. The van der Waals surface area contributed by atoms with E-state index in [0.29, 0.717) is 13.1 Å². The summed E-state index contributed by atoms with van der Waals surface area (Å²) in [5.74, 6) is 1.53. The van der Waals surface area contributed by atoms with Gasteiger partial charge in [-0.1, -0.05) is 36.4 Å². The fourth-order valence-corrected chi connectivity index (χ4v) is 4.24. The molecule has 7 heteroatoms. The van der Waals surface area contributed by atoms with E-state index in [0.717, 1.165) is 45.5 Å². The van der Waals surface area contributed by atoms with Crippen LogP contribution in [0.25, 0.3) is 0 Å². The summed E-state index contributed by atoms with van der Waals surface area (Å²) in [7, 11) is 0. The van der Waals surface area contributed by atoms with E-state index < -0.39 is 0 Å². The lowest BCUT2D eigenvalue weighted by Crippen LogP contribution is -2.42. The van der Waals surface area contributed by atoms with Gasteiger partial charge in [0.2, 0.25) is 0 Å². The molecule has 0 atom stereocenters. The molecule has 0 saturated carbocycles. The van der Waals surface area contributed by atoms with Crippen molar-refractivity contribution in [3.63, 3.8) is 0 Å². The quantitative estimate of drug-likeness (QED) is 0.397. The number of rotatable bonds is 0. The number of hydrogen-bond donors (Lipinski definition) is 2. The third-order valence-electron chi connectivity index (χ3n) is 5.80. The summed E-state index contributed by atoms with van der Waals surface area (Å²) in [6, 6.07) is 23.3. The van der Waals surface area contributed by atoms with Crippen LogP contribution in [-0.2, 0) is 13.1 Å². The van der Waals surface area contributed by atoms with Gasteiger partial charge < -0.3 is 10.6 Å². The molecular formula is C25H20N6O. The van der Waals surface area contributed by atoms with Crippen LogP contribution < -0.4 is 20.4 Å². The number of carbonyl (C=O) groups excluding carboxylic acids is 1. The molecule has 0 spiro atoms. The summed E-state index contributed by atoms with van der Waals surface area (Å²) in [5, 5.41) is 6.78. The number of pyridine rings is 2. The molecule has 0 unspecified atom stereocenters. The van der Waals surface area contributed by atoms with Crippen LogP contribution in [0.4, 0.5) is 39.2 Å². The number of benzene rings is 2. The zero-order valence-electron chi connectivity index (χ0n) is 17.2. The van der Waals surface area contributed by atoms with Crippen LogP contribution >= 0.6 is 0 Å². The van der Waals surface area contributed by atoms with Crippen molar-refractivity contribution in [2.75, 3.05) is 20.4 Å². The Morgan fingerprint density at radius 2 is 1.12 bits per heavy atom. The van der Waals surface area contributed by atoms with Crippen LogP contribution in [0, 0.1) is 0 Å². The van der Waals surface area contributed by atoms with Gasteiger partial charge in [0.05, 0.1) is 35.8 Å². The number of hydrogen-bond acceptors (Lipinski definition) is 5. The fourth-order valence-electron chi connectivity index (χ4n) is 4.24. The second kappa shape index (κ2) is 7.39. The van der Waals surface area contributed by atoms with E-state index in [9.17, 15) is 4.79 Å². The van der Waals surface area contributed by atoms with E-state index >= 15 is 0 Å². The topological polar surface area (TPSA) is 73.4 Å². The molecule has 156 valence electrons. The zero-order valence-corrected chi connectivity index (χ0v) is 17.2. The van der Waals surface area contributed by atoms with Gasteiger partial charge in [-0.2, -0.15) is 0 Å². The van der Waals surface area contributed by atoms with E-state index in [-0.39, 0.29) is 6.03 Å². The van der Waals surface area contributed by atoms with Crippen LogP contribution in [0.2, 0.25) is 0 Å². The van der Waals surface area contributed by atoms with E-state index in [1.807, 2.05) is 82.6 Å². The number of para-hydroxylation sites is 4. The lowest BCUT2D eigenvalue weighted by atomic mass is 10.2. The highest BCUT2D eigenvalue weighted by Crippen LogP contribution is 2.39. The monoisotopic (exact) mass is 420 g/mol. The van der Waals surface area contributed by atoms with Crippen molar-refractivity contribution in [3.8, 4) is 0 Å². The molecule has 2 amide bonds. The Bertz CT molecular complexity index is 1240. The van der Waals surface area contributed by atoms with E-state index in [1.165, 1.54) is 0 Å². The van der Waals surface area contributed by atoms with Gasteiger partial charge in [0.25, 0.3) is 0 Å². The lowest BCUT2D eigenvalue weighted by molar-refractivity contribution is 0.251. The maximum Gasteiger partial charge on any atom is 0.329 e. The van der Waals surface area contributed by atoms with Crippen LogP contribution in [0.15, 0.2) is 85.2 Å². The molecule has 2 N–H and O–H groups in total. The zero-order chi connectivity index (χ0) is 21.5. The maximum atomic E-state index is 14.2. The van der Waals surface area contributed by atoms with E-state index in [2.05, 4.69) is 20.6 Å². The average Bonchev–Trinajstić information content (AvgIpc) is 3.11. The Balaban J connectivity index is 1.48. The van der Waals surface area contributed by atoms with Gasteiger partial charge in [0.15, 0.2) is 0 Å². The number of anilines is 6. The minimum atomic E-state index is -0.109. The Hall–Kier alpha value is -4.39. The summed E-state index contributed by atoms with van der Waals surface area (Å²) in [5.41, 5.74) is 5.25. The predicted molar refractivity (Wildman–Crippen MR) is 126 cm³/mol. The largest absolute Gasteiger partial charge is 0.338 e. The SMILES string of the molecule is O=C(N1Cc2cccnc2Nc2ccccc21)N1Cc2cccnc2Nc2ccccc21. The maximum absolute atomic E-state index is 14.2. The standard InChI is InChI=1S/C25H20N6O/c32-25(30-15-17-7-5-13-26-23(17)28-19-9-1-3-11-21(19)30)31-16-18-8-6-14-27-24(18)29-20-10-2-4-12-22(20)31/h1-14H,15-16H2,(H,26,28)(H,27,29). The summed E-state index contributed by atoms with van der Waals surface area (Å²) in [6.45, 7) is 0.829. The minimum absolute atomic E-state index is 0.109. The second-order valence-electron chi connectivity index (χ2n) is 7.76. The smallest absolute Gasteiger partial charge is 0.329 e. The molecule has 6 rings (SSSR count). The van der Waals surface area contributed by atoms with Crippen molar-refractivity contribution in [2.24, 2.45) is 0 Å². The average molecular weight is 420 g/mol. The van der Waals surface area contributed by atoms with E-state index in [4.69, 9.17) is 0 Å². The van der Waals surface area contributed by atoms with Crippen molar-refractivity contribution in [2.45, 2.75) is 13.1 Å². The second-order valence-corrected chi connectivity index (χ2v) is 7.76. The normalized spacial score (nSPS) is 13.9. The molecule has 0 saturated heterocycles. The molecule has 2 aromatic carbocycles. The summed E-state index contributed by atoms with van der Waals surface area (Å²) >= 11 is 0. The van der Waals surface area contributed by atoms with E-state index in [1.54, 1.807) is 12.4 Å². The van der Waals surface area contributed by atoms with Crippen molar-refractivity contribution >= 4 is 40.4 Å². The van der Waals surface area contributed by atoms with Gasteiger partial charge in [-0.15, -0.1) is 0 Å². The van der Waals surface area contributed by atoms with Gasteiger partial charge in [-0.3, -0.25) is 9.80 Å². The molecule has 0 aliphatic carbocycles. The van der Waals surface area contributed by atoms with Gasteiger partial charge in [0, 0.05) is 23.5 Å². The lowest BCUT2D eigenvalue weighted by Gasteiger charge is -2.30. The first-order chi connectivity index (χ1) is 15.8. The van der Waals surface area contributed by atoms with Gasteiger partial charge in [0.1, 0.15) is 11.6 Å². The highest BCUT2D eigenvalue weighted by Gasteiger charge is 2.31. The molecule has 7 nitrogen and oxygen atoms in total. The Kier molecular flexibility index (Phi) is 4.24. The van der Waals surface area contributed by atoms with Crippen molar-refractivity contribution in [1.82, 2.24) is 9.97 Å². The number of carbonyl (C=O) groups is 1. The minimum Gasteiger partial charge on any atom is -0.338 e. The van der Waals surface area contributed by atoms with Crippen LogP contribution in [0.3, 0.4) is 0 Å². The molecule has 2 aliphatic rings. The van der Waals surface area contributed by atoms with Crippen molar-refractivity contribution in [3.05, 3.63) is 96.3 Å². The first kappa shape index (κ1) is 18.4. The number of aromatic nitrogens is 2. The third kappa shape index (κ3) is 3.02. The molecule has 0 radical (unpaired) electrons. The summed E-state index contributed by atoms with van der Waals surface area (Å²) in [6.07, 6.45) is 3.51. The first-order valence-corrected chi connectivity index (χ1v) is 10.5. The van der Waals surface area contributed by atoms with Crippen molar-refractivity contribution in [1.29, 1.82) is 0 Å². The molecule has 0 bridgehead atoms. The number of fused-ring (bicyclic) bond motifs is 4. The highest BCUT2D eigenvalue weighted by molar-refractivity contribution is 6.08. The molecule has 0 fully saturated rings. The van der Waals surface area contributed by atoms with Gasteiger partial charge in [-0.25, -0.2) is 14.8 Å². The molecular weight excluding hydrogens is 400 g/mol. The fraction of sp³-hybridized carbons (Fsp3) is 0.0800. The number of nitrogens with one attached hydrogen (secondary N) is 2. The number of urea groups is 1.